The third-order valence-corrected chi connectivity index (χ3v) is 3.92. The van der Waals surface area contributed by atoms with E-state index in [1.807, 2.05) is 55.4 Å². The van der Waals surface area contributed by atoms with E-state index in [1.54, 1.807) is 6.07 Å². The molecule has 1 aliphatic rings. The molecule has 6 nitrogen and oxygen atoms in total. The maximum absolute atomic E-state index is 12.3. The van der Waals surface area contributed by atoms with Crippen LogP contribution in [-0.2, 0) is 14.0 Å². The van der Waals surface area contributed by atoms with Gasteiger partial charge in [0.1, 0.15) is 5.60 Å². The second-order valence-corrected chi connectivity index (χ2v) is 7.69. The highest BCUT2D eigenvalue weighted by atomic mass is 16.7. The quantitative estimate of drug-likeness (QED) is 0.745. The van der Waals surface area contributed by atoms with Gasteiger partial charge in [0.25, 0.3) is 0 Å². The van der Waals surface area contributed by atoms with Gasteiger partial charge in [-0.3, -0.25) is 0 Å². The van der Waals surface area contributed by atoms with Crippen molar-refractivity contribution in [1.29, 1.82) is 0 Å². The molecule has 1 aliphatic heterocycles. The predicted octanol–water partition coefficient (Wildman–Crippen LogP) is 2.27. The predicted molar refractivity (Wildman–Crippen MR) is 84.3 cm³/mol. The smallest absolute Gasteiger partial charge is 0.442 e. The molecule has 122 valence electrons. The summed E-state index contributed by atoms with van der Waals surface area (Å²) >= 11 is 0. The van der Waals surface area contributed by atoms with Crippen molar-refractivity contribution in [3.05, 3.63) is 11.8 Å². The van der Waals surface area contributed by atoms with Crippen LogP contribution >= 0.6 is 0 Å². The van der Waals surface area contributed by atoms with Gasteiger partial charge in [-0.1, -0.05) is 0 Å². The van der Waals surface area contributed by atoms with Crippen LogP contribution in [0.2, 0.25) is 0 Å². The molecule has 1 aromatic heterocycles. The molecule has 0 N–H and O–H groups in total. The van der Waals surface area contributed by atoms with E-state index in [-0.39, 0.29) is 0 Å². The van der Waals surface area contributed by atoms with E-state index in [4.69, 9.17) is 14.0 Å². The molecule has 0 aliphatic carbocycles. The van der Waals surface area contributed by atoms with Crippen molar-refractivity contribution in [2.24, 2.45) is 0 Å². The average molecular weight is 308 g/mol. The highest BCUT2D eigenvalue weighted by Gasteiger charge is 2.53. The maximum atomic E-state index is 12.3. The minimum absolute atomic E-state index is 0.478. The molecule has 0 spiro atoms. The van der Waals surface area contributed by atoms with Crippen molar-refractivity contribution in [1.82, 2.24) is 9.78 Å². The largest absolute Gasteiger partial charge is 0.514 e. The number of carbonyl (C=O) groups excluding carboxylic acids is 1. The van der Waals surface area contributed by atoms with Crippen molar-refractivity contribution in [3.63, 3.8) is 0 Å². The normalized spacial score (nSPS) is 20.3. The molecule has 1 saturated heterocycles. The van der Waals surface area contributed by atoms with Crippen LogP contribution in [0, 0.1) is 6.92 Å². The molecule has 22 heavy (non-hydrogen) atoms. The van der Waals surface area contributed by atoms with E-state index < -0.39 is 30.0 Å². The van der Waals surface area contributed by atoms with Gasteiger partial charge in [-0.2, -0.15) is 9.78 Å². The molecule has 1 fully saturated rings. The summed E-state index contributed by atoms with van der Waals surface area (Å²) in [5.74, 6) is 0. The second-order valence-electron chi connectivity index (χ2n) is 7.69. The van der Waals surface area contributed by atoms with Crippen LogP contribution in [0.5, 0.6) is 0 Å². The first kappa shape index (κ1) is 17.0. The summed E-state index contributed by atoms with van der Waals surface area (Å²) in [7, 11) is -0.654. The molecule has 7 heteroatoms. The average Bonchev–Trinajstić information content (AvgIpc) is 2.75. The Kier molecular flexibility index (Phi) is 3.94. The third-order valence-electron chi connectivity index (χ3n) is 3.92. The van der Waals surface area contributed by atoms with Crippen molar-refractivity contribution >= 4 is 18.8 Å². The number of ether oxygens (including phenoxy) is 1. The Balaban J connectivity index is 2.32. The zero-order valence-electron chi connectivity index (χ0n) is 14.7. The SMILES string of the molecule is Cc1cc(B2OC(C)(C)C(C)(C)O2)n(C(=O)OC(C)(C)C)n1. The molecule has 0 unspecified atom stereocenters. The number of carbonyl (C=O) groups is 1. The van der Waals surface area contributed by atoms with Gasteiger partial charge in [0.05, 0.1) is 22.5 Å². The van der Waals surface area contributed by atoms with E-state index in [9.17, 15) is 4.79 Å². The Morgan fingerprint density at radius 2 is 1.73 bits per heavy atom. The van der Waals surface area contributed by atoms with Gasteiger partial charge in [-0.15, -0.1) is 0 Å². The highest BCUT2D eigenvalue weighted by Crippen LogP contribution is 2.36. The van der Waals surface area contributed by atoms with E-state index in [0.717, 1.165) is 0 Å². The van der Waals surface area contributed by atoms with E-state index in [1.165, 1.54) is 4.68 Å². The lowest BCUT2D eigenvalue weighted by Gasteiger charge is -2.32. The molecule has 0 amide bonds. The molecule has 2 heterocycles. The van der Waals surface area contributed by atoms with Crippen molar-refractivity contribution in [3.8, 4) is 0 Å². The maximum Gasteiger partial charge on any atom is 0.514 e. The van der Waals surface area contributed by atoms with Crippen LogP contribution < -0.4 is 5.59 Å². The Labute approximate surface area is 132 Å². The van der Waals surface area contributed by atoms with Crippen LogP contribution in [0.25, 0.3) is 0 Å². The number of hydrogen-bond donors (Lipinski definition) is 0. The first-order chi connectivity index (χ1) is 9.82. The summed E-state index contributed by atoms with van der Waals surface area (Å²) in [6.45, 7) is 15.1. The van der Waals surface area contributed by atoms with Crippen molar-refractivity contribution in [2.75, 3.05) is 0 Å². The first-order valence-corrected chi connectivity index (χ1v) is 7.48. The van der Waals surface area contributed by atoms with Crippen LogP contribution in [-0.4, -0.2) is 39.8 Å². The molecular weight excluding hydrogens is 283 g/mol. The molecule has 0 saturated carbocycles. The van der Waals surface area contributed by atoms with Gasteiger partial charge in [-0.25, -0.2) is 4.79 Å². The second kappa shape index (κ2) is 5.10. The number of hydrogen-bond acceptors (Lipinski definition) is 5. The van der Waals surface area contributed by atoms with Crippen LogP contribution in [0.4, 0.5) is 4.79 Å². The molecule has 1 aromatic rings. The fourth-order valence-corrected chi connectivity index (χ4v) is 2.10. The van der Waals surface area contributed by atoms with Gasteiger partial charge in [0.2, 0.25) is 0 Å². The van der Waals surface area contributed by atoms with Gasteiger partial charge >= 0.3 is 13.2 Å². The van der Waals surface area contributed by atoms with Gasteiger partial charge < -0.3 is 14.0 Å². The fraction of sp³-hybridized carbons (Fsp3) is 0.733. The fourth-order valence-electron chi connectivity index (χ4n) is 2.10. The molecule has 0 atom stereocenters. The third kappa shape index (κ3) is 3.20. The lowest BCUT2D eigenvalue weighted by atomic mass is 9.84. The van der Waals surface area contributed by atoms with Crippen LogP contribution in [0.1, 0.15) is 54.2 Å². The van der Waals surface area contributed by atoms with Gasteiger partial charge in [-0.05, 0) is 61.5 Å². The van der Waals surface area contributed by atoms with Gasteiger partial charge in [0.15, 0.2) is 0 Å². The Hall–Kier alpha value is -1.34. The molecule has 0 bridgehead atoms. The number of aromatic nitrogens is 2. The number of rotatable bonds is 1. The lowest BCUT2D eigenvalue weighted by Crippen LogP contribution is -2.43. The topological polar surface area (TPSA) is 62.6 Å². The summed E-state index contributed by atoms with van der Waals surface area (Å²) < 4.78 is 18.6. The van der Waals surface area contributed by atoms with Gasteiger partial charge in [0, 0.05) is 0 Å². The first-order valence-electron chi connectivity index (χ1n) is 7.48. The summed E-state index contributed by atoms with van der Waals surface area (Å²) in [4.78, 5) is 12.3. The van der Waals surface area contributed by atoms with Crippen LogP contribution in [0.15, 0.2) is 6.07 Å². The standard InChI is InChI=1S/C15H25BN2O4/c1-10-9-11(16-21-14(5,6)15(7,8)22-16)18(17-10)12(19)20-13(2,3)4/h9H,1-8H3. The zero-order valence-corrected chi connectivity index (χ0v) is 14.7. The molecule has 0 radical (unpaired) electrons. The lowest BCUT2D eigenvalue weighted by molar-refractivity contribution is 0.00578. The van der Waals surface area contributed by atoms with E-state index >= 15 is 0 Å². The van der Waals surface area contributed by atoms with E-state index in [2.05, 4.69) is 5.10 Å². The Morgan fingerprint density at radius 3 is 2.18 bits per heavy atom. The summed E-state index contributed by atoms with van der Waals surface area (Å²) in [5, 5.41) is 4.22. The Morgan fingerprint density at radius 1 is 1.23 bits per heavy atom. The van der Waals surface area contributed by atoms with Crippen molar-refractivity contribution < 1.29 is 18.8 Å². The number of aryl methyl sites for hydroxylation is 1. The Bertz CT molecular complexity index is 571. The zero-order chi connectivity index (χ0) is 16.9. The van der Waals surface area contributed by atoms with E-state index in [0.29, 0.717) is 11.3 Å². The van der Waals surface area contributed by atoms with Crippen LogP contribution in [0.3, 0.4) is 0 Å². The molecule has 0 aromatic carbocycles. The number of nitrogens with zero attached hydrogens (tertiary/aromatic N) is 2. The minimum atomic E-state index is -0.654. The van der Waals surface area contributed by atoms with Crippen molar-refractivity contribution in [2.45, 2.75) is 72.2 Å². The highest BCUT2D eigenvalue weighted by molar-refractivity contribution is 6.61. The summed E-state index contributed by atoms with van der Waals surface area (Å²) in [6.07, 6.45) is -0.537. The minimum Gasteiger partial charge on any atom is -0.442 e. The summed E-state index contributed by atoms with van der Waals surface area (Å²) in [5.41, 5.74) is -0.297. The summed E-state index contributed by atoms with van der Waals surface area (Å²) in [6, 6.07) is 1.78. The molecule has 2 rings (SSSR count). The monoisotopic (exact) mass is 308 g/mol. The molecular formula is C15H25BN2O4.